The molecule has 0 bridgehead atoms. The number of nitrogens with one attached hydrogen (secondary N) is 1. The third-order valence-electron chi connectivity index (χ3n) is 2.54. The molecule has 5 heteroatoms. The van der Waals surface area contributed by atoms with Gasteiger partial charge in [0, 0.05) is 18.4 Å². The number of nitrogens with zero attached hydrogens (tertiary/aromatic N) is 1. The van der Waals surface area contributed by atoms with E-state index in [0.29, 0.717) is 12.2 Å². The number of rotatable bonds is 8. The van der Waals surface area contributed by atoms with E-state index in [1.54, 1.807) is 12.1 Å². The highest BCUT2D eigenvalue weighted by Crippen LogP contribution is 2.27. The molecule has 1 aromatic carbocycles. The lowest BCUT2D eigenvalue weighted by Gasteiger charge is -2.07. The maximum atomic E-state index is 11.0. The van der Waals surface area contributed by atoms with Crippen LogP contribution in [0.3, 0.4) is 0 Å². The predicted molar refractivity (Wildman–Crippen MR) is 78.3 cm³/mol. The van der Waals surface area contributed by atoms with Gasteiger partial charge in [-0.15, -0.1) is 0 Å². The van der Waals surface area contributed by atoms with E-state index in [1.807, 2.05) is 24.8 Å². The van der Waals surface area contributed by atoms with E-state index >= 15 is 0 Å². The molecule has 0 atom stereocenters. The largest absolute Gasteiger partial charge is 0.380 e. The summed E-state index contributed by atoms with van der Waals surface area (Å²) in [6.07, 6.45) is 2.38. The predicted octanol–water partition coefficient (Wildman–Crippen LogP) is 4.06. The monoisotopic (exact) mass is 268 g/mol. The van der Waals surface area contributed by atoms with Gasteiger partial charge in [-0.3, -0.25) is 10.1 Å². The summed E-state index contributed by atoms with van der Waals surface area (Å²) in [5.41, 5.74) is 1.79. The maximum Gasteiger partial charge on any atom is 0.292 e. The summed E-state index contributed by atoms with van der Waals surface area (Å²) in [5.74, 6) is 1.95. The molecule has 1 rings (SSSR count). The van der Waals surface area contributed by atoms with Crippen molar-refractivity contribution < 1.29 is 4.92 Å². The van der Waals surface area contributed by atoms with Gasteiger partial charge in [0.1, 0.15) is 5.69 Å². The molecule has 0 radical (unpaired) electrons. The molecule has 18 heavy (non-hydrogen) atoms. The van der Waals surface area contributed by atoms with Crippen molar-refractivity contribution in [3.63, 3.8) is 0 Å². The number of nitro benzene ring substituents is 1. The molecular weight excluding hydrogens is 248 g/mol. The van der Waals surface area contributed by atoms with Gasteiger partial charge in [-0.25, -0.2) is 0 Å². The fourth-order valence-corrected chi connectivity index (χ4v) is 2.65. The molecule has 0 aromatic heterocycles. The van der Waals surface area contributed by atoms with Gasteiger partial charge in [0.2, 0.25) is 0 Å². The Labute approximate surface area is 112 Å². The van der Waals surface area contributed by atoms with E-state index < -0.39 is 0 Å². The van der Waals surface area contributed by atoms with E-state index in [-0.39, 0.29) is 10.6 Å². The highest BCUT2D eigenvalue weighted by atomic mass is 32.2. The van der Waals surface area contributed by atoms with Crippen LogP contribution < -0.4 is 5.32 Å². The minimum atomic E-state index is -0.321. The van der Waals surface area contributed by atoms with Gasteiger partial charge >= 0.3 is 0 Å². The summed E-state index contributed by atoms with van der Waals surface area (Å²) in [5, 5.41) is 14.0. The fraction of sp³-hybridized carbons (Fsp3) is 0.538. The van der Waals surface area contributed by atoms with Gasteiger partial charge in [0.25, 0.3) is 5.69 Å². The van der Waals surface area contributed by atoms with Gasteiger partial charge in [0.05, 0.1) is 4.92 Å². The van der Waals surface area contributed by atoms with Crippen LogP contribution in [-0.2, 0) is 5.75 Å². The number of hydrogen-bond acceptors (Lipinski definition) is 4. The average Bonchev–Trinajstić information content (AvgIpc) is 2.36. The zero-order valence-electron chi connectivity index (χ0n) is 10.9. The first-order chi connectivity index (χ1) is 8.69. The third-order valence-corrected chi connectivity index (χ3v) is 3.65. The lowest BCUT2D eigenvalue weighted by Crippen LogP contribution is -2.01. The maximum absolute atomic E-state index is 11.0. The Morgan fingerprint density at radius 3 is 2.78 bits per heavy atom. The van der Waals surface area contributed by atoms with Crippen LogP contribution in [0.25, 0.3) is 0 Å². The van der Waals surface area contributed by atoms with Gasteiger partial charge < -0.3 is 5.32 Å². The second-order valence-corrected chi connectivity index (χ2v) is 5.15. The summed E-state index contributed by atoms with van der Waals surface area (Å²) >= 11 is 1.83. The SMILES string of the molecule is CCCCSCc1ccc(NCC)c([N+](=O)[O-])c1. The van der Waals surface area contributed by atoms with Crippen molar-refractivity contribution in [2.24, 2.45) is 0 Å². The fourth-order valence-electron chi connectivity index (χ4n) is 1.59. The van der Waals surface area contributed by atoms with Crippen LogP contribution in [0.15, 0.2) is 18.2 Å². The molecule has 0 saturated carbocycles. The molecule has 0 unspecified atom stereocenters. The van der Waals surface area contributed by atoms with Crippen LogP contribution in [0, 0.1) is 10.1 Å². The lowest BCUT2D eigenvalue weighted by atomic mass is 10.2. The summed E-state index contributed by atoms with van der Waals surface area (Å²) < 4.78 is 0. The molecule has 1 aromatic rings. The molecule has 100 valence electrons. The number of unbranched alkanes of at least 4 members (excludes halogenated alkanes) is 1. The molecule has 0 saturated heterocycles. The molecule has 1 N–H and O–H groups in total. The Kier molecular flexibility index (Phi) is 6.57. The standard InChI is InChI=1S/C13H20N2O2S/c1-3-5-8-18-10-11-6-7-12(14-4-2)13(9-11)15(16)17/h6-7,9,14H,3-5,8,10H2,1-2H3. The lowest BCUT2D eigenvalue weighted by molar-refractivity contribution is -0.384. The van der Waals surface area contributed by atoms with Crippen molar-refractivity contribution >= 4 is 23.1 Å². The second kappa shape index (κ2) is 7.97. The molecule has 0 fully saturated rings. The van der Waals surface area contributed by atoms with Crippen LogP contribution in [0.4, 0.5) is 11.4 Å². The van der Waals surface area contributed by atoms with Crippen molar-refractivity contribution in [2.45, 2.75) is 32.4 Å². The first-order valence-corrected chi connectivity index (χ1v) is 7.43. The molecular formula is C13H20N2O2S. The number of benzene rings is 1. The van der Waals surface area contributed by atoms with E-state index in [0.717, 1.165) is 17.1 Å². The number of hydrogen-bond donors (Lipinski definition) is 1. The van der Waals surface area contributed by atoms with Crippen LogP contribution in [0.1, 0.15) is 32.3 Å². The van der Waals surface area contributed by atoms with Crippen LogP contribution in [0.2, 0.25) is 0 Å². The van der Waals surface area contributed by atoms with Gasteiger partial charge in [0.15, 0.2) is 0 Å². The Morgan fingerprint density at radius 2 is 2.17 bits per heavy atom. The van der Waals surface area contributed by atoms with Crippen LogP contribution in [0.5, 0.6) is 0 Å². The molecule has 0 spiro atoms. The van der Waals surface area contributed by atoms with E-state index in [4.69, 9.17) is 0 Å². The van der Waals surface area contributed by atoms with Crippen molar-refractivity contribution in [3.8, 4) is 0 Å². The van der Waals surface area contributed by atoms with Crippen LogP contribution >= 0.6 is 11.8 Å². The highest BCUT2D eigenvalue weighted by Gasteiger charge is 2.13. The number of thioether (sulfide) groups is 1. The topological polar surface area (TPSA) is 55.2 Å². The average molecular weight is 268 g/mol. The summed E-state index contributed by atoms with van der Waals surface area (Å²) in [6.45, 7) is 4.78. The molecule has 0 heterocycles. The minimum absolute atomic E-state index is 0.172. The van der Waals surface area contributed by atoms with Gasteiger partial charge in [-0.05, 0) is 30.7 Å². The van der Waals surface area contributed by atoms with Crippen molar-refractivity contribution in [1.29, 1.82) is 0 Å². The number of nitro groups is 1. The Bertz CT molecular complexity index is 397. The molecule has 0 amide bonds. The number of anilines is 1. The van der Waals surface area contributed by atoms with Crippen molar-refractivity contribution in [3.05, 3.63) is 33.9 Å². The Morgan fingerprint density at radius 1 is 1.39 bits per heavy atom. The highest BCUT2D eigenvalue weighted by molar-refractivity contribution is 7.98. The summed E-state index contributed by atoms with van der Waals surface area (Å²) in [7, 11) is 0. The molecule has 0 aliphatic heterocycles. The summed E-state index contributed by atoms with van der Waals surface area (Å²) in [4.78, 5) is 10.7. The van der Waals surface area contributed by atoms with Gasteiger partial charge in [-0.2, -0.15) is 11.8 Å². The van der Waals surface area contributed by atoms with E-state index in [1.165, 1.54) is 12.8 Å². The smallest absolute Gasteiger partial charge is 0.292 e. The van der Waals surface area contributed by atoms with Crippen LogP contribution in [-0.4, -0.2) is 17.2 Å². The summed E-state index contributed by atoms with van der Waals surface area (Å²) in [6, 6.07) is 5.44. The van der Waals surface area contributed by atoms with E-state index in [9.17, 15) is 10.1 Å². The molecule has 0 aliphatic rings. The second-order valence-electron chi connectivity index (χ2n) is 4.05. The van der Waals surface area contributed by atoms with Crippen molar-refractivity contribution in [1.82, 2.24) is 0 Å². The minimum Gasteiger partial charge on any atom is -0.380 e. The molecule has 4 nitrogen and oxygen atoms in total. The Hall–Kier alpha value is -1.23. The first-order valence-electron chi connectivity index (χ1n) is 6.28. The quantitative estimate of drug-likeness (QED) is 0.439. The van der Waals surface area contributed by atoms with E-state index in [2.05, 4.69) is 12.2 Å². The zero-order valence-corrected chi connectivity index (χ0v) is 11.8. The van der Waals surface area contributed by atoms with Gasteiger partial charge in [-0.1, -0.05) is 19.4 Å². The van der Waals surface area contributed by atoms with Crippen molar-refractivity contribution in [2.75, 3.05) is 17.6 Å². The first kappa shape index (κ1) is 14.8. The Balaban J connectivity index is 2.70. The normalized spacial score (nSPS) is 10.3. The zero-order chi connectivity index (χ0) is 13.4. The third kappa shape index (κ3) is 4.56. The molecule has 0 aliphatic carbocycles.